The predicted octanol–water partition coefficient (Wildman–Crippen LogP) is 1.70. The van der Waals surface area contributed by atoms with Gasteiger partial charge in [0.25, 0.3) is 5.56 Å². The second-order valence-electron chi connectivity index (χ2n) is 3.99. The van der Waals surface area contributed by atoms with Gasteiger partial charge in [-0.2, -0.15) is 5.10 Å². The number of hydrogen-bond donors (Lipinski definition) is 0. The summed E-state index contributed by atoms with van der Waals surface area (Å²) in [5, 5.41) is 4.32. The summed E-state index contributed by atoms with van der Waals surface area (Å²) in [4.78, 5) is 11.4. The van der Waals surface area contributed by atoms with Crippen molar-refractivity contribution >= 4 is 0 Å². The van der Waals surface area contributed by atoms with Crippen molar-refractivity contribution in [3.8, 4) is 0 Å². The standard InChI is InChI=1S/C11H14N2O/c1-8(2)7-13-11(14)6-5-10(12-13)9-3-4-9/h5-6,9H,1,3-4,7H2,2H3. The zero-order valence-electron chi connectivity index (χ0n) is 8.36. The molecule has 0 aliphatic heterocycles. The van der Waals surface area contributed by atoms with Gasteiger partial charge >= 0.3 is 0 Å². The maximum atomic E-state index is 11.4. The van der Waals surface area contributed by atoms with Crippen LogP contribution in [0.25, 0.3) is 0 Å². The summed E-state index contributed by atoms with van der Waals surface area (Å²) in [6, 6.07) is 3.44. The third-order valence-electron chi connectivity index (χ3n) is 2.30. The molecule has 1 saturated carbocycles. The molecule has 0 amide bonds. The lowest BCUT2D eigenvalue weighted by Crippen LogP contribution is -2.23. The molecule has 0 atom stereocenters. The molecule has 0 bridgehead atoms. The highest BCUT2D eigenvalue weighted by Crippen LogP contribution is 2.38. The normalized spacial score (nSPS) is 15.5. The van der Waals surface area contributed by atoms with Crippen LogP contribution in [0, 0.1) is 0 Å². The van der Waals surface area contributed by atoms with E-state index in [2.05, 4.69) is 11.7 Å². The molecular weight excluding hydrogens is 176 g/mol. The molecule has 0 N–H and O–H groups in total. The van der Waals surface area contributed by atoms with E-state index in [1.54, 1.807) is 6.07 Å². The minimum Gasteiger partial charge on any atom is -0.268 e. The van der Waals surface area contributed by atoms with Gasteiger partial charge < -0.3 is 0 Å². The van der Waals surface area contributed by atoms with Crippen molar-refractivity contribution in [3.63, 3.8) is 0 Å². The quantitative estimate of drug-likeness (QED) is 0.680. The molecule has 0 spiro atoms. The minimum absolute atomic E-state index is 0.0441. The minimum atomic E-state index is -0.0441. The third-order valence-corrected chi connectivity index (χ3v) is 2.30. The first-order chi connectivity index (χ1) is 6.66. The molecule has 1 fully saturated rings. The van der Waals surface area contributed by atoms with E-state index >= 15 is 0 Å². The summed E-state index contributed by atoms with van der Waals surface area (Å²) < 4.78 is 1.50. The van der Waals surface area contributed by atoms with E-state index in [0.29, 0.717) is 12.5 Å². The van der Waals surface area contributed by atoms with Crippen molar-refractivity contribution in [1.82, 2.24) is 9.78 Å². The topological polar surface area (TPSA) is 34.9 Å². The van der Waals surface area contributed by atoms with Crippen molar-refractivity contribution in [2.24, 2.45) is 0 Å². The van der Waals surface area contributed by atoms with Gasteiger partial charge in [-0.15, -0.1) is 0 Å². The van der Waals surface area contributed by atoms with Crippen LogP contribution >= 0.6 is 0 Å². The molecule has 2 rings (SSSR count). The Bertz CT molecular complexity index is 416. The molecule has 1 aromatic rings. The molecule has 14 heavy (non-hydrogen) atoms. The van der Waals surface area contributed by atoms with E-state index in [0.717, 1.165) is 11.3 Å². The first-order valence-electron chi connectivity index (χ1n) is 4.89. The van der Waals surface area contributed by atoms with Crippen LogP contribution in [0.5, 0.6) is 0 Å². The Kier molecular flexibility index (Phi) is 2.23. The Balaban J connectivity index is 2.31. The van der Waals surface area contributed by atoms with Crippen LogP contribution in [0.4, 0.5) is 0 Å². The van der Waals surface area contributed by atoms with Gasteiger partial charge in [0.1, 0.15) is 0 Å². The zero-order chi connectivity index (χ0) is 10.1. The second kappa shape index (κ2) is 3.40. The molecule has 3 nitrogen and oxygen atoms in total. The summed E-state index contributed by atoms with van der Waals surface area (Å²) in [5.74, 6) is 0.590. The Morgan fingerprint density at radius 1 is 1.64 bits per heavy atom. The Labute approximate surface area is 83.1 Å². The summed E-state index contributed by atoms with van der Waals surface area (Å²) in [5.41, 5.74) is 1.95. The number of hydrogen-bond acceptors (Lipinski definition) is 2. The average molecular weight is 190 g/mol. The van der Waals surface area contributed by atoms with Gasteiger partial charge in [-0.05, 0) is 25.8 Å². The summed E-state index contributed by atoms with van der Waals surface area (Å²) in [7, 11) is 0. The van der Waals surface area contributed by atoms with E-state index < -0.39 is 0 Å². The monoisotopic (exact) mass is 190 g/mol. The molecule has 3 heteroatoms. The van der Waals surface area contributed by atoms with Crippen LogP contribution in [-0.2, 0) is 6.54 Å². The highest BCUT2D eigenvalue weighted by molar-refractivity contribution is 5.12. The fourth-order valence-corrected chi connectivity index (χ4v) is 1.43. The van der Waals surface area contributed by atoms with Gasteiger partial charge in [0.2, 0.25) is 0 Å². The van der Waals surface area contributed by atoms with Crippen molar-refractivity contribution in [1.29, 1.82) is 0 Å². The number of nitrogens with zero attached hydrogens (tertiary/aromatic N) is 2. The van der Waals surface area contributed by atoms with E-state index in [9.17, 15) is 4.79 Å². The summed E-state index contributed by atoms with van der Waals surface area (Å²) >= 11 is 0. The lowest BCUT2D eigenvalue weighted by molar-refractivity contribution is 0.613. The van der Waals surface area contributed by atoms with Crippen LogP contribution in [-0.4, -0.2) is 9.78 Å². The summed E-state index contributed by atoms with van der Waals surface area (Å²) in [6.07, 6.45) is 2.41. The lowest BCUT2D eigenvalue weighted by atomic mass is 10.3. The summed E-state index contributed by atoms with van der Waals surface area (Å²) in [6.45, 7) is 6.21. The molecule has 1 aromatic heterocycles. The molecule has 1 aliphatic carbocycles. The maximum Gasteiger partial charge on any atom is 0.267 e. The number of allylic oxidation sites excluding steroid dienone is 1. The highest BCUT2D eigenvalue weighted by Gasteiger charge is 2.25. The number of aromatic nitrogens is 2. The van der Waals surface area contributed by atoms with Gasteiger partial charge in [0.05, 0.1) is 12.2 Å². The van der Waals surface area contributed by atoms with E-state index in [-0.39, 0.29) is 5.56 Å². The number of rotatable bonds is 3. The Hall–Kier alpha value is -1.38. The Morgan fingerprint density at radius 3 is 2.93 bits per heavy atom. The van der Waals surface area contributed by atoms with Crippen LogP contribution in [0.2, 0.25) is 0 Å². The molecular formula is C11H14N2O. The van der Waals surface area contributed by atoms with Crippen LogP contribution in [0.1, 0.15) is 31.4 Å². The molecule has 1 heterocycles. The van der Waals surface area contributed by atoms with Crippen LogP contribution in [0.3, 0.4) is 0 Å². The lowest BCUT2D eigenvalue weighted by Gasteiger charge is -2.05. The second-order valence-corrected chi connectivity index (χ2v) is 3.99. The Morgan fingerprint density at radius 2 is 2.36 bits per heavy atom. The SMILES string of the molecule is C=C(C)Cn1nc(C2CC2)ccc1=O. The zero-order valence-corrected chi connectivity index (χ0v) is 8.36. The van der Waals surface area contributed by atoms with Gasteiger partial charge in [0.15, 0.2) is 0 Å². The highest BCUT2D eigenvalue weighted by atomic mass is 16.1. The van der Waals surface area contributed by atoms with Gasteiger partial charge in [-0.1, -0.05) is 12.2 Å². The predicted molar refractivity (Wildman–Crippen MR) is 55.3 cm³/mol. The fraction of sp³-hybridized carbons (Fsp3) is 0.455. The average Bonchev–Trinajstić information content (AvgIpc) is 2.91. The maximum absolute atomic E-state index is 11.4. The van der Waals surface area contributed by atoms with Gasteiger partial charge in [-0.25, -0.2) is 4.68 Å². The first kappa shape index (κ1) is 9.19. The van der Waals surface area contributed by atoms with Crippen molar-refractivity contribution < 1.29 is 0 Å². The first-order valence-corrected chi connectivity index (χ1v) is 4.89. The molecule has 74 valence electrons. The van der Waals surface area contributed by atoms with Crippen molar-refractivity contribution in [3.05, 3.63) is 40.3 Å². The largest absolute Gasteiger partial charge is 0.268 e. The smallest absolute Gasteiger partial charge is 0.267 e. The molecule has 0 saturated heterocycles. The van der Waals surface area contributed by atoms with Crippen LogP contribution in [0.15, 0.2) is 29.1 Å². The van der Waals surface area contributed by atoms with E-state index in [1.807, 2.05) is 13.0 Å². The van der Waals surface area contributed by atoms with Gasteiger partial charge in [0, 0.05) is 12.0 Å². The van der Waals surface area contributed by atoms with Crippen molar-refractivity contribution in [2.45, 2.75) is 32.2 Å². The van der Waals surface area contributed by atoms with E-state index in [1.165, 1.54) is 17.5 Å². The fourth-order valence-electron chi connectivity index (χ4n) is 1.43. The van der Waals surface area contributed by atoms with Crippen LogP contribution < -0.4 is 5.56 Å². The third kappa shape index (κ3) is 1.92. The molecule has 1 aliphatic rings. The van der Waals surface area contributed by atoms with Crippen molar-refractivity contribution in [2.75, 3.05) is 0 Å². The molecule has 0 radical (unpaired) electrons. The molecule has 0 unspecified atom stereocenters. The molecule has 0 aromatic carbocycles. The van der Waals surface area contributed by atoms with E-state index in [4.69, 9.17) is 0 Å². The van der Waals surface area contributed by atoms with Gasteiger partial charge in [-0.3, -0.25) is 4.79 Å².